The number of hydrogen-bond acceptors (Lipinski definition) is 5. The lowest BCUT2D eigenvalue weighted by Crippen LogP contribution is -2.59. The van der Waals surface area contributed by atoms with Gasteiger partial charge in [-0.2, -0.15) is 5.26 Å². The first-order valence-corrected chi connectivity index (χ1v) is 5.33. The van der Waals surface area contributed by atoms with Crippen LogP contribution in [0.1, 0.15) is 6.42 Å². The second-order valence-electron chi connectivity index (χ2n) is 4.20. The van der Waals surface area contributed by atoms with Crippen LogP contribution < -0.4 is 5.73 Å². The number of rotatable bonds is 1. The Kier molecular flexibility index (Phi) is 3.10. The van der Waals surface area contributed by atoms with Gasteiger partial charge in [0, 0.05) is 13.2 Å². The highest BCUT2D eigenvalue weighted by Crippen LogP contribution is 2.19. The average molecular weight is 225 g/mol. The molecule has 2 rings (SSSR count). The summed E-state index contributed by atoms with van der Waals surface area (Å²) in [5, 5.41) is 8.75. The van der Waals surface area contributed by atoms with Crippen LogP contribution in [-0.2, 0) is 14.3 Å². The van der Waals surface area contributed by atoms with E-state index in [0.29, 0.717) is 32.7 Å². The monoisotopic (exact) mass is 225 g/mol. The summed E-state index contributed by atoms with van der Waals surface area (Å²) in [7, 11) is 0. The molecule has 2 saturated heterocycles. The van der Waals surface area contributed by atoms with Crippen LogP contribution in [0.25, 0.3) is 0 Å². The van der Waals surface area contributed by atoms with E-state index in [1.165, 1.54) is 0 Å². The maximum absolute atomic E-state index is 12.1. The van der Waals surface area contributed by atoms with Gasteiger partial charge in [-0.1, -0.05) is 0 Å². The molecule has 2 aliphatic heterocycles. The highest BCUT2D eigenvalue weighted by atomic mass is 16.5. The Balaban J connectivity index is 2.01. The van der Waals surface area contributed by atoms with Gasteiger partial charge in [0.2, 0.25) is 5.91 Å². The number of amides is 1. The van der Waals surface area contributed by atoms with Crippen LogP contribution in [0.15, 0.2) is 0 Å². The van der Waals surface area contributed by atoms with Crippen LogP contribution in [0.2, 0.25) is 0 Å². The van der Waals surface area contributed by atoms with E-state index in [4.69, 9.17) is 20.5 Å². The predicted molar refractivity (Wildman–Crippen MR) is 54.3 cm³/mol. The topological polar surface area (TPSA) is 88.6 Å². The molecule has 88 valence electrons. The molecule has 2 N–H and O–H groups in total. The van der Waals surface area contributed by atoms with Gasteiger partial charge in [-0.05, 0) is 6.42 Å². The largest absolute Gasteiger partial charge is 0.379 e. The average Bonchev–Trinajstić information content (AvgIpc) is 2.76. The molecule has 2 fully saturated rings. The number of hydrogen-bond donors (Lipinski definition) is 1. The molecule has 0 bridgehead atoms. The van der Waals surface area contributed by atoms with Crippen molar-refractivity contribution in [2.24, 2.45) is 5.73 Å². The van der Waals surface area contributed by atoms with Crippen molar-refractivity contribution >= 4 is 5.91 Å². The number of morpholine rings is 1. The van der Waals surface area contributed by atoms with Gasteiger partial charge in [0.15, 0.2) is 6.10 Å². The summed E-state index contributed by atoms with van der Waals surface area (Å²) in [6, 6.07) is 2.00. The predicted octanol–water partition coefficient (Wildman–Crippen LogP) is -1.14. The van der Waals surface area contributed by atoms with Crippen molar-refractivity contribution in [1.29, 1.82) is 5.26 Å². The minimum Gasteiger partial charge on any atom is -0.379 e. The van der Waals surface area contributed by atoms with Gasteiger partial charge in [-0.15, -0.1) is 0 Å². The lowest BCUT2D eigenvalue weighted by molar-refractivity contribution is -0.142. The maximum atomic E-state index is 12.1. The Bertz CT molecular complexity index is 320. The first kappa shape index (κ1) is 11.3. The highest BCUT2D eigenvalue weighted by Gasteiger charge is 2.42. The zero-order valence-electron chi connectivity index (χ0n) is 9.02. The fourth-order valence-electron chi connectivity index (χ4n) is 1.98. The summed E-state index contributed by atoms with van der Waals surface area (Å²) in [5.74, 6) is -0.131. The third kappa shape index (κ3) is 2.02. The van der Waals surface area contributed by atoms with Gasteiger partial charge in [0.05, 0.1) is 25.8 Å². The molecular weight excluding hydrogens is 210 g/mol. The molecule has 6 nitrogen and oxygen atoms in total. The first-order valence-electron chi connectivity index (χ1n) is 5.33. The van der Waals surface area contributed by atoms with Crippen LogP contribution in [0, 0.1) is 11.3 Å². The van der Waals surface area contributed by atoms with Gasteiger partial charge in [0.1, 0.15) is 5.54 Å². The van der Waals surface area contributed by atoms with Crippen molar-refractivity contribution in [3.05, 3.63) is 0 Å². The molecule has 0 aromatic heterocycles. The first-order chi connectivity index (χ1) is 7.65. The molecule has 0 aromatic rings. The fourth-order valence-corrected chi connectivity index (χ4v) is 1.98. The molecule has 1 amide bonds. The lowest BCUT2D eigenvalue weighted by Gasteiger charge is -2.34. The summed E-state index contributed by atoms with van der Waals surface area (Å²) >= 11 is 0. The minimum atomic E-state index is -0.905. The Hall–Kier alpha value is -1.16. The molecule has 2 atom stereocenters. The van der Waals surface area contributed by atoms with E-state index in [1.807, 2.05) is 6.07 Å². The normalized spacial score (nSPS) is 34.8. The Labute approximate surface area is 93.9 Å². The zero-order valence-corrected chi connectivity index (χ0v) is 9.02. The van der Waals surface area contributed by atoms with Gasteiger partial charge < -0.3 is 20.1 Å². The van der Waals surface area contributed by atoms with Gasteiger partial charge in [-0.3, -0.25) is 4.79 Å². The Morgan fingerprint density at radius 2 is 2.38 bits per heavy atom. The van der Waals surface area contributed by atoms with Crippen molar-refractivity contribution in [2.75, 3.05) is 32.9 Å². The number of nitrogens with two attached hydrogens (primary N) is 1. The van der Waals surface area contributed by atoms with E-state index >= 15 is 0 Å². The van der Waals surface area contributed by atoms with Crippen molar-refractivity contribution < 1.29 is 14.3 Å². The number of nitrogens with zero attached hydrogens (tertiary/aromatic N) is 2. The summed E-state index contributed by atoms with van der Waals surface area (Å²) < 4.78 is 10.3. The van der Waals surface area contributed by atoms with Crippen molar-refractivity contribution in [1.82, 2.24) is 4.90 Å². The summed E-state index contributed by atoms with van der Waals surface area (Å²) in [5.41, 5.74) is 5.07. The molecule has 16 heavy (non-hydrogen) atoms. The standard InChI is InChI=1S/C10H15N3O3/c11-5-8-6-13(2-4-16-8)9(14)10(12)1-3-15-7-10/h8H,1-4,6-7,12H2. The smallest absolute Gasteiger partial charge is 0.245 e. The van der Waals surface area contributed by atoms with E-state index in [1.54, 1.807) is 4.90 Å². The van der Waals surface area contributed by atoms with Gasteiger partial charge in [-0.25, -0.2) is 0 Å². The summed E-state index contributed by atoms with van der Waals surface area (Å²) in [6.45, 7) is 1.97. The molecule has 2 heterocycles. The molecular formula is C10H15N3O3. The molecule has 2 aliphatic rings. The van der Waals surface area contributed by atoms with Gasteiger partial charge >= 0.3 is 0 Å². The fraction of sp³-hybridized carbons (Fsp3) is 0.800. The van der Waals surface area contributed by atoms with E-state index in [-0.39, 0.29) is 12.5 Å². The number of nitriles is 1. The molecule has 0 spiro atoms. The SMILES string of the molecule is N#CC1CN(C(=O)C2(N)CCOC2)CCO1. The minimum absolute atomic E-state index is 0.131. The second-order valence-corrected chi connectivity index (χ2v) is 4.20. The molecule has 6 heteroatoms. The summed E-state index contributed by atoms with van der Waals surface area (Å²) in [4.78, 5) is 13.7. The summed E-state index contributed by atoms with van der Waals surface area (Å²) in [6.07, 6.45) is 0.00376. The third-order valence-corrected chi connectivity index (χ3v) is 2.98. The van der Waals surface area contributed by atoms with Gasteiger partial charge in [0.25, 0.3) is 0 Å². The van der Waals surface area contributed by atoms with Crippen molar-refractivity contribution in [2.45, 2.75) is 18.1 Å². The van der Waals surface area contributed by atoms with Crippen LogP contribution in [0.3, 0.4) is 0 Å². The van der Waals surface area contributed by atoms with Crippen LogP contribution in [-0.4, -0.2) is 55.4 Å². The molecule has 0 radical (unpaired) electrons. The molecule has 0 aromatic carbocycles. The lowest BCUT2D eigenvalue weighted by atomic mass is 9.98. The van der Waals surface area contributed by atoms with Crippen LogP contribution >= 0.6 is 0 Å². The third-order valence-electron chi connectivity index (χ3n) is 2.98. The second kappa shape index (κ2) is 4.37. The molecule has 0 aliphatic carbocycles. The Morgan fingerprint density at radius 1 is 1.56 bits per heavy atom. The number of carbonyl (C=O) groups excluding carboxylic acids is 1. The van der Waals surface area contributed by atoms with Crippen LogP contribution in [0.4, 0.5) is 0 Å². The zero-order chi connectivity index (χ0) is 11.6. The van der Waals surface area contributed by atoms with E-state index < -0.39 is 11.6 Å². The Morgan fingerprint density at radius 3 is 3.00 bits per heavy atom. The van der Waals surface area contributed by atoms with E-state index in [9.17, 15) is 4.79 Å². The van der Waals surface area contributed by atoms with E-state index in [0.717, 1.165) is 0 Å². The quantitative estimate of drug-likeness (QED) is 0.609. The molecule has 2 unspecified atom stereocenters. The highest BCUT2D eigenvalue weighted by molar-refractivity contribution is 5.86. The number of carbonyl (C=O) groups is 1. The molecule has 0 saturated carbocycles. The number of ether oxygens (including phenoxy) is 2. The van der Waals surface area contributed by atoms with Crippen molar-refractivity contribution in [3.63, 3.8) is 0 Å². The maximum Gasteiger partial charge on any atom is 0.245 e. The van der Waals surface area contributed by atoms with Crippen molar-refractivity contribution in [3.8, 4) is 6.07 Å². The van der Waals surface area contributed by atoms with Crippen LogP contribution in [0.5, 0.6) is 0 Å². The van der Waals surface area contributed by atoms with E-state index in [2.05, 4.69) is 0 Å².